The van der Waals surface area contributed by atoms with Crippen LogP contribution in [0.2, 0.25) is 2.82 Å². The second kappa shape index (κ2) is 5.77. The number of rotatable bonds is 5. The van der Waals surface area contributed by atoms with Crippen molar-refractivity contribution in [2.24, 2.45) is 0 Å². The van der Waals surface area contributed by atoms with E-state index >= 15 is 0 Å². The number of nitrogens with one attached hydrogen (secondary N) is 2. The number of H-pyrrole nitrogens is 1. The number of ether oxygens (including phenoxy) is 1. The van der Waals surface area contributed by atoms with Crippen LogP contribution in [-0.2, 0) is 17.5 Å². The molecule has 0 bridgehead atoms. The van der Waals surface area contributed by atoms with Crippen molar-refractivity contribution in [3.63, 3.8) is 0 Å². The minimum Gasteiger partial charge on any atom is -0.447 e. The van der Waals surface area contributed by atoms with Gasteiger partial charge >= 0.3 is 6.09 Å². The molecule has 1 saturated heterocycles. The molecule has 2 heterocycles. The summed E-state index contributed by atoms with van der Waals surface area (Å²) in [6, 6.07) is 1.67. The van der Waals surface area contributed by atoms with E-state index in [-0.39, 0.29) is 27.3 Å². The van der Waals surface area contributed by atoms with Crippen LogP contribution in [0.5, 0.6) is 0 Å². The lowest BCUT2D eigenvalue weighted by atomic mass is 10.0. The van der Waals surface area contributed by atoms with Crippen LogP contribution in [-0.4, -0.2) is 49.1 Å². The highest BCUT2D eigenvalue weighted by Crippen LogP contribution is 2.21. The number of amides is 1. The summed E-state index contributed by atoms with van der Waals surface area (Å²) in [5.41, 5.74) is -0.0396. The first-order valence-corrected chi connectivity index (χ1v) is 6.32. The maximum Gasteiger partial charge on any atom is 0.407 e. The first-order valence-electron chi connectivity index (χ1n) is 11.2. The summed E-state index contributed by atoms with van der Waals surface area (Å²) in [7, 11) is 2.69. The molecule has 1 aromatic carbocycles. The fraction of sp³-hybridized carbons (Fsp3) is 0.438. The fourth-order valence-electron chi connectivity index (χ4n) is 1.96. The van der Waals surface area contributed by atoms with Crippen LogP contribution in [0.25, 0.3) is 10.9 Å². The zero-order valence-electron chi connectivity index (χ0n) is 21.6. The van der Waals surface area contributed by atoms with E-state index in [1.165, 1.54) is 32.3 Å². The molecule has 0 unspecified atom stereocenters. The highest BCUT2D eigenvalue weighted by atomic mass is 16.6. The Morgan fingerprint density at radius 3 is 3.24 bits per heavy atom. The van der Waals surface area contributed by atoms with Gasteiger partial charge in [0, 0.05) is 29.1 Å². The standard InChI is InChI=1S/C16H21N3O2/c1-19(2)6-5-12-9-17-15-4-3-11(8-14(12)15)7-13-10-21-16(20)18-13/h3-4,8-9,13,17H,5-7,10H2,1-2H3,(H,18,20)/t13-/m0/s1/i5D2,6D2,9D,10D2,13D/hD2. The van der Waals surface area contributed by atoms with Gasteiger partial charge in [-0.05, 0) is 50.1 Å². The van der Waals surface area contributed by atoms with Crippen molar-refractivity contribution in [3.05, 3.63) is 35.5 Å². The third-order valence-corrected chi connectivity index (χ3v) is 2.88. The van der Waals surface area contributed by atoms with Crippen molar-refractivity contribution in [1.82, 2.24) is 15.2 Å². The number of hydrogen-bond acceptors (Lipinski definition) is 3. The first-order chi connectivity index (χ1) is 14.0. The van der Waals surface area contributed by atoms with E-state index in [0.717, 1.165) is 4.90 Å². The van der Waals surface area contributed by atoms with E-state index in [1.807, 2.05) is 0 Å². The number of nitrogens with zero attached hydrogens (tertiary/aromatic N) is 1. The summed E-state index contributed by atoms with van der Waals surface area (Å²) in [5, 5.41) is 0.132. The van der Waals surface area contributed by atoms with Crippen LogP contribution in [0.3, 0.4) is 0 Å². The number of alkyl carbamates (subject to hydrolysis) is 1. The number of carbonyl (C=O) groups is 1. The molecule has 0 radical (unpaired) electrons. The molecule has 1 amide bonds. The Bertz CT molecular complexity index is 1050. The second-order valence-electron chi connectivity index (χ2n) is 4.79. The van der Waals surface area contributed by atoms with Gasteiger partial charge in [-0.15, -0.1) is 0 Å². The third kappa shape index (κ3) is 3.19. The lowest BCUT2D eigenvalue weighted by molar-refractivity contribution is 0.177. The summed E-state index contributed by atoms with van der Waals surface area (Å²) in [6.45, 7) is -5.33. The SMILES string of the molecule is [2H]c1c(C([2H])([2H])C([2H])([2H])N(C)C)c2cc(C[C@]3([2H])N([2H])C(=O)OC3([2H])[2H])ccc2n1[2H]. The van der Waals surface area contributed by atoms with Gasteiger partial charge in [0.25, 0.3) is 0 Å². The van der Waals surface area contributed by atoms with Gasteiger partial charge in [0.15, 0.2) is 2.82 Å². The molecule has 0 saturated carbocycles. The van der Waals surface area contributed by atoms with Gasteiger partial charge in [-0.1, -0.05) is 6.07 Å². The quantitative estimate of drug-likeness (QED) is 0.886. The molecule has 21 heavy (non-hydrogen) atoms. The lowest BCUT2D eigenvalue weighted by Crippen LogP contribution is -2.28. The van der Waals surface area contributed by atoms with Gasteiger partial charge in [0.05, 0.1) is 11.5 Å². The molecule has 0 aliphatic carbocycles. The smallest absolute Gasteiger partial charge is 0.407 e. The number of carbonyl (C=O) groups excluding carboxylic acids is 1. The van der Waals surface area contributed by atoms with Gasteiger partial charge in [-0.25, -0.2) is 4.79 Å². The van der Waals surface area contributed by atoms with Crippen LogP contribution in [0.4, 0.5) is 4.79 Å². The van der Waals surface area contributed by atoms with Crippen molar-refractivity contribution in [2.75, 3.05) is 27.2 Å². The Balaban J connectivity index is 2.18. The molecule has 5 heteroatoms. The van der Waals surface area contributed by atoms with Gasteiger partial charge < -0.3 is 19.9 Å². The van der Waals surface area contributed by atoms with Gasteiger partial charge in [0.1, 0.15) is 6.56 Å². The average Bonchev–Trinajstić information content (AvgIpc) is 2.98. The number of fused-ring (bicyclic) bond motifs is 1. The van der Waals surface area contributed by atoms with Crippen molar-refractivity contribution in [2.45, 2.75) is 18.8 Å². The maximum atomic E-state index is 11.6. The second-order valence-corrected chi connectivity index (χ2v) is 4.79. The molecular weight excluding hydrogens is 266 g/mol. The predicted molar refractivity (Wildman–Crippen MR) is 82.5 cm³/mol. The maximum absolute atomic E-state index is 11.6. The number of aromatic nitrogens is 1. The van der Waals surface area contributed by atoms with Crippen molar-refractivity contribution in [3.8, 4) is 0 Å². The summed E-state index contributed by atoms with van der Waals surface area (Å²) in [4.78, 5) is 13.3. The van der Waals surface area contributed by atoms with Crippen molar-refractivity contribution in [1.29, 1.82) is 0 Å². The van der Waals surface area contributed by atoms with Gasteiger partial charge in [0.2, 0.25) is 0 Å². The normalized spacial score (nSPS) is 32.9. The largest absolute Gasteiger partial charge is 0.447 e. The average molecular weight is 297 g/mol. The molecule has 1 aliphatic heterocycles. The van der Waals surface area contributed by atoms with Crippen molar-refractivity contribution < 1.29 is 23.3 Å². The highest BCUT2D eigenvalue weighted by Gasteiger charge is 2.22. The highest BCUT2D eigenvalue weighted by molar-refractivity contribution is 5.84. The number of aryl methyl sites for hydroxylation is 1. The monoisotopic (exact) mass is 297 g/mol. The Hall–Kier alpha value is -2.01. The summed E-state index contributed by atoms with van der Waals surface area (Å²) in [6.07, 6.45) is -5.08. The molecule has 1 aromatic heterocycles. The topological polar surface area (TPSA) is 57.4 Å². The molecule has 0 spiro atoms. The van der Waals surface area contributed by atoms with Crippen LogP contribution >= 0.6 is 0 Å². The number of cyclic esters (lactones) is 1. The molecular formula is C16H21N3O2. The van der Waals surface area contributed by atoms with E-state index < -0.39 is 44.1 Å². The van der Waals surface area contributed by atoms with Crippen LogP contribution < -0.4 is 5.31 Å². The Morgan fingerprint density at radius 2 is 2.52 bits per heavy atom. The number of benzene rings is 1. The minimum absolute atomic E-state index is 0.0409. The molecule has 1 atom stereocenters. The van der Waals surface area contributed by atoms with E-state index in [1.54, 1.807) is 0 Å². The Labute approximate surface area is 138 Å². The van der Waals surface area contributed by atoms with Gasteiger partial charge in [-0.2, -0.15) is 0 Å². The van der Waals surface area contributed by atoms with E-state index in [9.17, 15) is 4.79 Å². The Kier molecular flexibility index (Phi) is 1.76. The molecule has 112 valence electrons. The zero-order valence-corrected chi connectivity index (χ0v) is 11.6. The number of likely N-dealkylation sites (N-methyl/N-ethyl adjacent to an activating group) is 1. The molecule has 2 aromatic rings. The summed E-state index contributed by atoms with van der Waals surface area (Å²) in [5.74, 6) is 0. The predicted octanol–water partition coefficient (Wildman–Crippen LogP) is 1.92. The molecule has 1 fully saturated rings. The fourth-order valence-corrected chi connectivity index (χ4v) is 1.96. The molecule has 1 aliphatic rings. The van der Waals surface area contributed by atoms with Crippen LogP contribution in [0, 0.1) is 0 Å². The van der Waals surface area contributed by atoms with Gasteiger partial charge in [-0.3, -0.25) is 0 Å². The molecule has 2 N–H and O–H groups in total. The Morgan fingerprint density at radius 1 is 1.67 bits per heavy atom. The molecule has 3 rings (SSSR count). The van der Waals surface area contributed by atoms with E-state index in [2.05, 4.69) is 4.74 Å². The zero-order chi connectivity index (χ0) is 23.7. The van der Waals surface area contributed by atoms with Crippen LogP contribution in [0.15, 0.2) is 24.4 Å². The minimum atomic E-state index is -2.79. The number of hydrogen-bond donors (Lipinski definition) is 2. The summed E-state index contributed by atoms with van der Waals surface area (Å²) >= 11 is 0. The summed E-state index contributed by atoms with van der Waals surface area (Å²) < 4.78 is 85.6. The van der Waals surface area contributed by atoms with Crippen molar-refractivity contribution >= 4 is 17.0 Å². The third-order valence-electron chi connectivity index (χ3n) is 2.88. The van der Waals surface area contributed by atoms with E-state index in [0.29, 0.717) is 4.98 Å². The van der Waals surface area contributed by atoms with E-state index in [4.69, 9.17) is 13.8 Å². The van der Waals surface area contributed by atoms with Crippen LogP contribution in [0.1, 0.15) is 22.1 Å². The molecule has 5 nitrogen and oxygen atoms in total. The number of aromatic amines is 1. The lowest BCUT2D eigenvalue weighted by Gasteiger charge is -2.09. The first kappa shape index (κ1) is 6.40.